The van der Waals surface area contributed by atoms with Gasteiger partial charge in [-0.2, -0.15) is 0 Å². The molecular weight excluding hydrogens is 294 g/mol. The second-order valence-corrected chi connectivity index (χ2v) is 6.00. The zero-order chi connectivity index (χ0) is 13.9. The molecule has 1 aromatic heterocycles. The van der Waals surface area contributed by atoms with Gasteiger partial charge >= 0.3 is 0 Å². The fraction of sp³-hybridized carbons (Fsp3) is 0.286. The molecule has 1 heterocycles. The molecule has 1 aromatic carbocycles. The van der Waals surface area contributed by atoms with E-state index in [9.17, 15) is 4.79 Å². The summed E-state index contributed by atoms with van der Waals surface area (Å²) in [6, 6.07) is 8.01. The maximum absolute atomic E-state index is 11.8. The van der Waals surface area contributed by atoms with E-state index in [4.69, 9.17) is 11.6 Å². The monoisotopic (exact) mass is 307 g/mol. The van der Waals surface area contributed by atoms with Gasteiger partial charge in [-0.15, -0.1) is 11.3 Å². The number of nitrogens with one attached hydrogen (secondary N) is 2. The van der Waals surface area contributed by atoms with Gasteiger partial charge in [-0.25, -0.2) is 4.98 Å². The molecule has 4 nitrogen and oxygen atoms in total. The summed E-state index contributed by atoms with van der Waals surface area (Å²) in [4.78, 5) is 16.1. The van der Waals surface area contributed by atoms with Crippen molar-refractivity contribution < 1.29 is 4.79 Å². The molecule has 0 bridgehead atoms. The first kappa shape index (κ1) is 13.4. The van der Waals surface area contributed by atoms with Crippen LogP contribution in [0, 0.1) is 0 Å². The molecule has 20 heavy (non-hydrogen) atoms. The lowest BCUT2D eigenvalue weighted by Crippen LogP contribution is -2.25. The van der Waals surface area contributed by atoms with Crippen LogP contribution in [0.2, 0.25) is 5.02 Å². The Labute approximate surface area is 126 Å². The first-order valence-corrected chi connectivity index (χ1v) is 7.72. The van der Waals surface area contributed by atoms with Crippen molar-refractivity contribution in [3.8, 4) is 0 Å². The summed E-state index contributed by atoms with van der Waals surface area (Å²) in [5, 5.41) is 9.34. The quantitative estimate of drug-likeness (QED) is 0.891. The van der Waals surface area contributed by atoms with Gasteiger partial charge < -0.3 is 10.6 Å². The van der Waals surface area contributed by atoms with Crippen LogP contribution in [0.4, 0.5) is 5.13 Å². The molecule has 0 saturated heterocycles. The lowest BCUT2D eigenvalue weighted by molar-refractivity contribution is 0.0947. The van der Waals surface area contributed by atoms with Gasteiger partial charge in [-0.3, -0.25) is 4.79 Å². The molecular formula is C14H14ClN3OS. The van der Waals surface area contributed by atoms with Crippen LogP contribution < -0.4 is 10.6 Å². The normalized spacial score (nSPS) is 14.1. The van der Waals surface area contributed by atoms with Crippen LogP contribution >= 0.6 is 22.9 Å². The smallest absolute Gasteiger partial charge is 0.271 e. The van der Waals surface area contributed by atoms with Crippen LogP contribution in [0.15, 0.2) is 29.6 Å². The number of hydrogen-bond donors (Lipinski definition) is 2. The van der Waals surface area contributed by atoms with E-state index in [-0.39, 0.29) is 5.91 Å². The van der Waals surface area contributed by atoms with Gasteiger partial charge in [0.1, 0.15) is 5.69 Å². The molecule has 1 amide bonds. The minimum atomic E-state index is -0.0884. The molecule has 6 heteroatoms. The maximum Gasteiger partial charge on any atom is 0.271 e. The Bertz CT molecular complexity index is 624. The van der Waals surface area contributed by atoms with Crippen molar-refractivity contribution in [1.29, 1.82) is 0 Å². The summed E-state index contributed by atoms with van der Waals surface area (Å²) in [5.41, 5.74) is 1.48. The number of aromatic nitrogens is 1. The van der Waals surface area contributed by atoms with E-state index in [0.29, 0.717) is 18.3 Å². The van der Waals surface area contributed by atoms with Gasteiger partial charge in [0.2, 0.25) is 0 Å². The maximum atomic E-state index is 11.8. The van der Waals surface area contributed by atoms with Crippen molar-refractivity contribution in [1.82, 2.24) is 10.3 Å². The third-order valence-electron chi connectivity index (χ3n) is 3.04. The average Bonchev–Trinajstić information content (AvgIpc) is 3.13. The van der Waals surface area contributed by atoms with Crippen molar-refractivity contribution >= 4 is 34.0 Å². The Hall–Kier alpha value is -1.59. The van der Waals surface area contributed by atoms with Crippen LogP contribution in [0.5, 0.6) is 0 Å². The van der Waals surface area contributed by atoms with Crippen molar-refractivity contribution in [2.75, 3.05) is 5.32 Å². The SMILES string of the molecule is O=C(NC1CC1)c1csc(NCc2ccccc2Cl)n1. The fourth-order valence-corrected chi connectivity index (χ4v) is 2.65. The Balaban J connectivity index is 1.59. The molecule has 2 N–H and O–H groups in total. The molecule has 0 spiro atoms. The first-order chi connectivity index (χ1) is 9.72. The van der Waals surface area contributed by atoms with Gasteiger partial charge in [0.25, 0.3) is 5.91 Å². The van der Waals surface area contributed by atoms with E-state index >= 15 is 0 Å². The molecule has 1 fully saturated rings. The number of hydrogen-bond acceptors (Lipinski definition) is 4. The van der Waals surface area contributed by atoms with E-state index in [0.717, 1.165) is 28.6 Å². The molecule has 2 aromatic rings. The molecule has 3 rings (SSSR count). The molecule has 0 unspecified atom stereocenters. The third kappa shape index (κ3) is 3.29. The largest absolute Gasteiger partial charge is 0.357 e. The Morgan fingerprint density at radius 1 is 1.40 bits per heavy atom. The van der Waals surface area contributed by atoms with Crippen molar-refractivity contribution in [2.24, 2.45) is 0 Å². The molecule has 0 atom stereocenters. The number of amides is 1. The lowest BCUT2D eigenvalue weighted by atomic mass is 10.2. The van der Waals surface area contributed by atoms with Crippen molar-refractivity contribution in [3.05, 3.63) is 45.9 Å². The highest BCUT2D eigenvalue weighted by molar-refractivity contribution is 7.13. The standard InChI is InChI=1S/C14H14ClN3OS/c15-11-4-2-1-3-9(11)7-16-14-18-12(8-20-14)13(19)17-10-5-6-10/h1-4,8,10H,5-7H2,(H,16,18)(H,17,19). The number of benzene rings is 1. The lowest BCUT2D eigenvalue weighted by Gasteiger charge is -2.04. The number of halogens is 1. The highest BCUT2D eigenvalue weighted by Crippen LogP contribution is 2.22. The Morgan fingerprint density at radius 2 is 2.20 bits per heavy atom. The van der Waals surface area contributed by atoms with E-state index in [1.807, 2.05) is 24.3 Å². The van der Waals surface area contributed by atoms with Crippen LogP contribution in [0.1, 0.15) is 28.9 Å². The van der Waals surface area contributed by atoms with Gasteiger partial charge in [0, 0.05) is 23.0 Å². The summed E-state index contributed by atoms with van der Waals surface area (Å²) >= 11 is 7.51. The minimum Gasteiger partial charge on any atom is -0.357 e. The number of thiazole rings is 1. The Morgan fingerprint density at radius 3 is 2.95 bits per heavy atom. The minimum absolute atomic E-state index is 0.0884. The first-order valence-electron chi connectivity index (χ1n) is 6.46. The van der Waals surface area contributed by atoms with Gasteiger partial charge in [-0.1, -0.05) is 29.8 Å². The van der Waals surface area contributed by atoms with Crippen LogP contribution in [-0.2, 0) is 6.54 Å². The van der Waals surface area contributed by atoms with Gasteiger partial charge in [0.15, 0.2) is 5.13 Å². The number of rotatable bonds is 5. The van der Waals surface area contributed by atoms with Crippen molar-refractivity contribution in [2.45, 2.75) is 25.4 Å². The third-order valence-corrected chi connectivity index (χ3v) is 4.21. The summed E-state index contributed by atoms with van der Waals surface area (Å²) in [5.74, 6) is -0.0884. The molecule has 1 aliphatic carbocycles. The zero-order valence-electron chi connectivity index (χ0n) is 10.7. The van der Waals surface area contributed by atoms with E-state index in [2.05, 4.69) is 15.6 Å². The van der Waals surface area contributed by atoms with E-state index < -0.39 is 0 Å². The molecule has 0 radical (unpaired) electrons. The number of nitrogens with zero attached hydrogens (tertiary/aromatic N) is 1. The highest BCUT2D eigenvalue weighted by Gasteiger charge is 2.24. The van der Waals surface area contributed by atoms with Crippen LogP contribution in [0.25, 0.3) is 0 Å². The molecule has 0 aliphatic heterocycles. The summed E-state index contributed by atoms with van der Waals surface area (Å²) < 4.78 is 0. The van der Waals surface area contributed by atoms with Gasteiger partial charge in [0.05, 0.1) is 0 Å². The van der Waals surface area contributed by atoms with E-state index in [1.165, 1.54) is 11.3 Å². The summed E-state index contributed by atoms with van der Waals surface area (Å²) in [6.45, 7) is 0.594. The predicted molar refractivity (Wildman–Crippen MR) is 81.4 cm³/mol. The van der Waals surface area contributed by atoms with Crippen LogP contribution in [0.3, 0.4) is 0 Å². The predicted octanol–water partition coefficient (Wildman–Crippen LogP) is 3.30. The molecule has 1 saturated carbocycles. The zero-order valence-corrected chi connectivity index (χ0v) is 12.3. The second-order valence-electron chi connectivity index (χ2n) is 4.73. The fourth-order valence-electron chi connectivity index (χ4n) is 1.76. The van der Waals surface area contributed by atoms with Crippen LogP contribution in [-0.4, -0.2) is 16.9 Å². The van der Waals surface area contributed by atoms with Gasteiger partial charge in [-0.05, 0) is 24.5 Å². The topological polar surface area (TPSA) is 54.0 Å². The Kier molecular flexibility index (Phi) is 3.89. The van der Waals surface area contributed by atoms with Crippen molar-refractivity contribution in [3.63, 3.8) is 0 Å². The summed E-state index contributed by atoms with van der Waals surface area (Å²) in [7, 11) is 0. The second kappa shape index (κ2) is 5.81. The van der Waals surface area contributed by atoms with E-state index in [1.54, 1.807) is 5.38 Å². The molecule has 104 valence electrons. The number of carbonyl (C=O) groups is 1. The number of anilines is 1. The summed E-state index contributed by atoms with van der Waals surface area (Å²) in [6.07, 6.45) is 2.15. The highest BCUT2D eigenvalue weighted by atomic mass is 35.5. The molecule has 1 aliphatic rings. The number of carbonyl (C=O) groups excluding carboxylic acids is 1. The average molecular weight is 308 g/mol.